The van der Waals surface area contributed by atoms with Crippen molar-refractivity contribution in [2.45, 2.75) is 26.3 Å². The summed E-state index contributed by atoms with van der Waals surface area (Å²) in [5.74, 6) is -0.399. The summed E-state index contributed by atoms with van der Waals surface area (Å²) in [5, 5.41) is 10.8. The van der Waals surface area contributed by atoms with Crippen LogP contribution in [0, 0.1) is 12.3 Å². The first-order chi connectivity index (χ1) is 11.9. The van der Waals surface area contributed by atoms with Gasteiger partial charge >= 0.3 is 5.97 Å². The van der Waals surface area contributed by atoms with Gasteiger partial charge in [0.25, 0.3) is 5.91 Å². The van der Waals surface area contributed by atoms with Gasteiger partial charge in [0.1, 0.15) is 0 Å². The van der Waals surface area contributed by atoms with Gasteiger partial charge in [-0.1, -0.05) is 11.6 Å². The number of methoxy groups -OCH3 is 1. The molecule has 8 heteroatoms. The van der Waals surface area contributed by atoms with Gasteiger partial charge in [-0.3, -0.25) is 15.0 Å². The fourth-order valence-corrected chi connectivity index (χ4v) is 2.46. The number of benzene rings is 1. The highest BCUT2D eigenvalue weighted by molar-refractivity contribution is 6.18. The van der Waals surface area contributed by atoms with Gasteiger partial charge in [0.2, 0.25) is 0 Å². The normalized spacial score (nSPS) is 11.8. The smallest absolute Gasteiger partial charge is 0.307 e. The van der Waals surface area contributed by atoms with Crippen molar-refractivity contribution in [2.75, 3.05) is 25.0 Å². The lowest BCUT2D eigenvalue weighted by atomic mass is 10.1. The average Bonchev–Trinajstić information content (AvgIpc) is 2.60. The van der Waals surface area contributed by atoms with E-state index in [2.05, 4.69) is 15.3 Å². The first-order valence-corrected chi connectivity index (χ1v) is 8.30. The third kappa shape index (κ3) is 6.19. The second kappa shape index (κ2) is 10.5. The van der Waals surface area contributed by atoms with Gasteiger partial charge in [-0.15, -0.1) is 11.6 Å². The molecule has 0 aliphatic carbocycles. The monoisotopic (exact) mass is 366 g/mol. The van der Waals surface area contributed by atoms with Crippen LogP contribution < -0.4 is 5.43 Å². The molecule has 0 bridgehead atoms. The maximum Gasteiger partial charge on any atom is 0.307 e. The van der Waals surface area contributed by atoms with Gasteiger partial charge in [-0.05, 0) is 26.0 Å². The Morgan fingerprint density at radius 3 is 2.80 bits per heavy atom. The summed E-state index contributed by atoms with van der Waals surface area (Å²) >= 11 is 5.84. The number of nitrogens with zero attached hydrogens (tertiary/aromatic N) is 2. The Labute approximate surface area is 152 Å². The van der Waals surface area contributed by atoms with Crippen LogP contribution in [0.4, 0.5) is 5.69 Å². The Hall–Kier alpha value is -2.41. The Morgan fingerprint density at radius 1 is 1.48 bits per heavy atom. The van der Waals surface area contributed by atoms with E-state index in [1.54, 1.807) is 24.0 Å². The summed E-state index contributed by atoms with van der Waals surface area (Å²) < 4.78 is 4.68. The molecule has 1 aromatic rings. The van der Waals surface area contributed by atoms with Crippen LogP contribution in [-0.4, -0.2) is 54.8 Å². The van der Waals surface area contributed by atoms with E-state index in [9.17, 15) is 9.59 Å². The van der Waals surface area contributed by atoms with Crippen LogP contribution in [0.3, 0.4) is 0 Å². The highest BCUT2D eigenvalue weighted by atomic mass is 35.5. The van der Waals surface area contributed by atoms with Gasteiger partial charge in [-0.25, -0.2) is 0 Å². The van der Waals surface area contributed by atoms with Crippen molar-refractivity contribution in [3.8, 4) is 0 Å². The van der Waals surface area contributed by atoms with Crippen LogP contribution >= 0.6 is 11.6 Å². The third-order valence-electron chi connectivity index (χ3n) is 3.55. The zero-order valence-electron chi connectivity index (χ0n) is 14.6. The predicted molar refractivity (Wildman–Crippen MR) is 99.9 cm³/mol. The van der Waals surface area contributed by atoms with Gasteiger partial charge in [0.15, 0.2) is 0 Å². The summed E-state index contributed by atoms with van der Waals surface area (Å²) in [4.78, 5) is 26.1. The average molecular weight is 367 g/mol. The van der Waals surface area contributed by atoms with Crippen molar-refractivity contribution >= 4 is 41.6 Å². The molecule has 1 rings (SSSR count). The Kier molecular flexibility index (Phi) is 8.63. The molecule has 0 aliphatic rings. The number of anilines is 1. The number of halogens is 1. The number of rotatable bonds is 9. The predicted octanol–water partition coefficient (Wildman–Crippen LogP) is 2.67. The lowest BCUT2D eigenvalue weighted by Crippen LogP contribution is -2.41. The molecule has 1 amide bonds. The van der Waals surface area contributed by atoms with Crippen LogP contribution in [0.1, 0.15) is 29.3 Å². The molecule has 1 unspecified atom stereocenters. The van der Waals surface area contributed by atoms with Crippen molar-refractivity contribution in [1.29, 1.82) is 5.41 Å². The minimum Gasteiger partial charge on any atom is -0.469 e. The first kappa shape index (κ1) is 20.6. The third-order valence-corrected chi connectivity index (χ3v) is 3.72. The number of hydrazone groups is 1. The molecule has 2 N–H and O–H groups in total. The van der Waals surface area contributed by atoms with Gasteiger partial charge < -0.3 is 15.0 Å². The van der Waals surface area contributed by atoms with Crippen LogP contribution in [0.5, 0.6) is 0 Å². The number of amides is 1. The Balaban J connectivity index is 3.14. The minimum absolute atomic E-state index is 0.0830. The van der Waals surface area contributed by atoms with Crippen LogP contribution in [-0.2, 0) is 9.53 Å². The van der Waals surface area contributed by atoms with Crippen molar-refractivity contribution in [3.63, 3.8) is 0 Å². The summed E-state index contributed by atoms with van der Waals surface area (Å²) in [6.45, 7) is 3.96. The van der Waals surface area contributed by atoms with E-state index < -0.39 is 5.97 Å². The second-order valence-corrected chi connectivity index (χ2v) is 5.80. The molecule has 0 radical (unpaired) electrons. The molecular weight excluding hydrogens is 344 g/mol. The van der Waals surface area contributed by atoms with Crippen molar-refractivity contribution in [2.24, 2.45) is 5.10 Å². The van der Waals surface area contributed by atoms with E-state index in [1.807, 2.05) is 13.0 Å². The number of ether oxygens (including phenoxy) is 1. The summed E-state index contributed by atoms with van der Waals surface area (Å²) in [5.41, 5.74) is 4.60. The number of aryl methyl sites for hydroxylation is 1. The quantitative estimate of drug-likeness (QED) is 0.304. The lowest BCUT2D eigenvalue weighted by Gasteiger charge is -2.29. The Morgan fingerprint density at radius 2 is 2.20 bits per heavy atom. The molecule has 0 heterocycles. The highest BCUT2D eigenvalue weighted by Gasteiger charge is 2.25. The molecule has 25 heavy (non-hydrogen) atoms. The number of carbonyl (C=O) groups excluding carboxylic acids is 2. The van der Waals surface area contributed by atoms with Gasteiger partial charge in [0.05, 0.1) is 31.0 Å². The van der Waals surface area contributed by atoms with Crippen LogP contribution in [0.2, 0.25) is 0 Å². The molecule has 0 saturated carbocycles. The Bertz CT molecular complexity index is 649. The van der Waals surface area contributed by atoms with E-state index in [-0.39, 0.29) is 24.2 Å². The molecule has 0 fully saturated rings. The molecule has 7 nitrogen and oxygen atoms in total. The highest BCUT2D eigenvalue weighted by Crippen LogP contribution is 2.21. The van der Waals surface area contributed by atoms with Crippen molar-refractivity contribution in [3.05, 3.63) is 29.3 Å². The topological polar surface area (TPSA) is 94.8 Å². The van der Waals surface area contributed by atoms with E-state index >= 15 is 0 Å². The number of hydrogen-bond donors (Lipinski definition) is 2. The van der Waals surface area contributed by atoms with Crippen LogP contribution in [0.25, 0.3) is 0 Å². The largest absolute Gasteiger partial charge is 0.469 e. The van der Waals surface area contributed by atoms with Gasteiger partial charge in [0, 0.05) is 24.7 Å². The van der Waals surface area contributed by atoms with E-state index in [0.29, 0.717) is 17.8 Å². The molecule has 1 atom stereocenters. The maximum atomic E-state index is 13.0. The van der Waals surface area contributed by atoms with Gasteiger partial charge in [-0.2, -0.15) is 5.10 Å². The zero-order valence-corrected chi connectivity index (χ0v) is 15.3. The number of alkyl halides is 1. The van der Waals surface area contributed by atoms with E-state index in [4.69, 9.17) is 17.0 Å². The summed E-state index contributed by atoms with van der Waals surface area (Å²) in [7, 11) is 1.31. The number of nitrogens with one attached hydrogen (secondary N) is 2. The molecule has 136 valence electrons. The fourth-order valence-electron chi connectivity index (χ4n) is 2.28. The summed E-state index contributed by atoms with van der Waals surface area (Å²) in [6, 6.07) is 4.98. The SMILES string of the molecule is COC(=O)CC(C)N(CCCl)C(=O)c1cc(C)ccc1N/N=C\C=N. The standard InChI is InChI=1S/C17H23ClN4O3/c1-12-4-5-15(21-20-8-7-19)14(10-12)17(24)22(9-6-18)13(2)11-16(23)25-3/h4-5,7-8,10,13,19,21H,6,9,11H2,1-3H3/b19-7?,20-8-. The first-order valence-electron chi connectivity index (χ1n) is 7.77. The summed E-state index contributed by atoms with van der Waals surface area (Å²) in [6.07, 6.45) is 2.38. The molecule has 0 aromatic heterocycles. The van der Waals surface area contributed by atoms with Crippen molar-refractivity contribution < 1.29 is 14.3 Å². The fraction of sp³-hybridized carbons (Fsp3) is 0.412. The minimum atomic E-state index is -0.391. The molecule has 0 aliphatic heterocycles. The molecule has 0 spiro atoms. The maximum absolute atomic E-state index is 13.0. The molecular formula is C17H23ClN4O3. The second-order valence-electron chi connectivity index (χ2n) is 5.42. The number of carbonyl (C=O) groups is 2. The number of esters is 1. The van der Waals surface area contributed by atoms with E-state index in [0.717, 1.165) is 11.8 Å². The number of hydrogen-bond acceptors (Lipinski definition) is 6. The molecule has 0 saturated heterocycles. The lowest BCUT2D eigenvalue weighted by molar-refractivity contribution is -0.141. The van der Waals surface area contributed by atoms with Crippen molar-refractivity contribution in [1.82, 2.24) is 4.90 Å². The van der Waals surface area contributed by atoms with Crippen LogP contribution in [0.15, 0.2) is 23.3 Å². The molecule has 1 aromatic carbocycles. The van der Waals surface area contributed by atoms with E-state index in [1.165, 1.54) is 13.3 Å². The zero-order chi connectivity index (χ0) is 18.8.